The van der Waals surface area contributed by atoms with Crippen LogP contribution in [0.5, 0.6) is 0 Å². The van der Waals surface area contributed by atoms with Crippen molar-refractivity contribution in [2.24, 2.45) is 0 Å². The van der Waals surface area contributed by atoms with Gasteiger partial charge in [0.05, 0.1) is 5.75 Å². The fraction of sp³-hybridized carbons (Fsp3) is 0.0667. The Morgan fingerprint density at radius 3 is 2.23 bits per heavy atom. The molecular formula is C15H10BrF3O2S. The Hall–Kier alpha value is -1.60. The van der Waals surface area contributed by atoms with Gasteiger partial charge in [0.1, 0.15) is 16.5 Å². The summed E-state index contributed by atoms with van der Waals surface area (Å²) in [7, 11) is -4.32. The van der Waals surface area contributed by atoms with Gasteiger partial charge in [-0.25, -0.2) is 21.6 Å². The Morgan fingerprint density at radius 2 is 1.68 bits per heavy atom. The van der Waals surface area contributed by atoms with Crippen molar-refractivity contribution >= 4 is 31.8 Å². The molecule has 0 radical (unpaired) electrons. The molecule has 0 aliphatic carbocycles. The van der Waals surface area contributed by atoms with Gasteiger partial charge in [0, 0.05) is 16.1 Å². The summed E-state index contributed by atoms with van der Waals surface area (Å²) in [6.45, 7) is 3.20. The fourth-order valence-electron chi connectivity index (χ4n) is 1.93. The highest BCUT2D eigenvalue weighted by Gasteiger charge is 2.28. The first kappa shape index (κ1) is 16.8. The molecule has 0 heterocycles. The molecule has 0 aliphatic rings. The maximum atomic E-state index is 14.1. The molecule has 2 rings (SSSR count). The summed E-state index contributed by atoms with van der Waals surface area (Å²) in [5, 5.41) is 0. The van der Waals surface area contributed by atoms with Crippen molar-refractivity contribution < 1.29 is 21.6 Å². The van der Waals surface area contributed by atoms with Crippen molar-refractivity contribution in [3.8, 4) is 0 Å². The second-order valence-corrected chi connectivity index (χ2v) is 7.33. The summed E-state index contributed by atoms with van der Waals surface area (Å²) in [6.07, 6.45) is 0.808. The Morgan fingerprint density at radius 1 is 1.09 bits per heavy atom. The molecule has 2 nitrogen and oxygen atoms in total. The van der Waals surface area contributed by atoms with Gasteiger partial charge in [-0.3, -0.25) is 0 Å². The van der Waals surface area contributed by atoms with Crippen LogP contribution in [-0.2, 0) is 15.6 Å². The van der Waals surface area contributed by atoms with E-state index in [4.69, 9.17) is 0 Å². The van der Waals surface area contributed by atoms with Gasteiger partial charge in [0.25, 0.3) is 0 Å². The zero-order valence-electron chi connectivity index (χ0n) is 11.1. The van der Waals surface area contributed by atoms with Crippen LogP contribution < -0.4 is 0 Å². The Kier molecular flexibility index (Phi) is 4.77. The van der Waals surface area contributed by atoms with E-state index in [1.807, 2.05) is 0 Å². The van der Waals surface area contributed by atoms with Crippen molar-refractivity contribution in [2.45, 2.75) is 10.6 Å². The van der Waals surface area contributed by atoms with Crippen molar-refractivity contribution in [3.05, 3.63) is 70.0 Å². The minimum absolute atomic E-state index is 0.342. The van der Waals surface area contributed by atoms with Crippen molar-refractivity contribution in [2.75, 3.05) is 0 Å². The summed E-state index contributed by atoms with van der Waals surface area (Å²) < 4.78 is 66.6. The molecule has 0 N–H and O–H groups in total. The van der Waals surface area contributed by atoms with Crippen LogP contribution in [0.2, 0.25) is 0 Å². The van der Waals surface area contributed by atoms with E-state index in [0.29, 0.717) is 11.6 Å². The van der Waals surface area contributed by atoms with E-state index < -0.39 is 43.5 Å². The minimum Gasteiger partial charge on any atom is -0.223 e. The maximum absolute atomic E-state index is 14.1. The molecule has 0 saturated heterocycles. The van der Waals surface area contributed by atoms with Gasteiger partial charge in [0.15, 0.2) is 15.7 Å². The maximum Gasteiger partial charge on any atom is 0.188 e. The molecule has 7 heteroatoms. The molecule has 0 unspecified atom stereocenters. The summed E-state index contributed by atoms with van der Waals surface area (Å²) >= 11 is 3.20. The highest BCUT2D eigenvalue weighted by Crippen LogP contribution is 2.28. The first-order chi connectivity index (χ1) is 10.3. The highest BCUT2D eigenvalue weighted by atomic mass is 79.9. The average Bonchev–Trinajstić information content (AvgIpc) is 2.40. The molecule has 0 atom stereocenters. The quantitative estimate of drug-likeness (QED) is 0.721. The lowest BCUT2D eigenvalue weighted by Gasteiger charge is -2.10. The highest BCUT2D eigenvalue weighted by molar-refractivity contribution is 9.10. The van der Waals surface area contributed by atoms with Crippen LogP contribution in [-0.4, -0.2) is 8.42 Å². The van der Waals surface area contributed by atoms with E-state index in [-0.39, 0.29) is 0 Å². The molecule has 0 fully saturated rings. The first-order valence-corrected chi connectivity index (χ1v) is 8.48. The van der Waals surface area contributed by atoms with E-state index in [2.05, 4.69) is 22.5 Å². The van der Waals surface area contributed by atoms with E-state index in [0.717, 1.165) is 10.5 Å². The molecule has 0 amide bonds. The zero-order chi connectivity index (χ0) is 16.5. The molecular weight excluding hydrogens is 381 g/mol. The van der Waals surface area contributed by atoms with Crippen LogP contribution in [0.15, 0.2) is 46.3 Å². The Labute approximate surface area is 134 Å². The molecule has 2 aromatic carbocycles. The zero-order valence-corrected chi connectivity index (χ0v) is 13.5. The molecule has 116 valence electrons. The van der Waals surface area contributed by atoms with Crippen LogP contribution in [0.3, 0.4) is 0 Å². The third-order valence-electron chi connectivity index (χ3n) is 2.95. The summed E-state index contributed by atoms with van der Waals surface area (Å²) in [4.78, 5) is -1.15. The molecule has 0 bridgehead atoms. The monoisotopic (exact) mass is 390 g/mol. The molecule has 0 saturated carbocycles. The Balaban J connectivity index is 2.54. The predicted molar refractivity (Wildman–Crippen MR) is 81.4 cm³/mol. The van der Waals surface area contributed by atoms with Crippen molar-refractivity contribution in [1.82, 2.24) is 0 Å². The van der Waals surface area contributed by atoms with Gasteiger partial charge in [-0.15, -0.1) is 0 Å². The van der Waals surface area contributed by atoms with Gasteiger partial charge in [-0.2, -0.15) is 0 Å². The number of hydrogen-bond acceptors (Lipinski definition) is 2. The van der Waals surface area contributed by atoms with Crippen molar-refractivity contribution in [3.63, 3.8) is 0 Å². The van der Waals surface area contributed by atoms with Crippen LogP contribution in [0.4, 0.5) is 13.2 Å². The fourth-order valence-corrected chi connectivity index (χ4v) is 3.71. The smallest absolute Gasteiger partial charge is 0.188 e. The van der Waals surface area contributed by atoms with Gasteiger partial charge in [-0.05, 0) is 17.7 Å². The van der Waals surface area contributed by atoms with Gasteiger partial charge >= 0.3 is 0 Å². The van der Waals surface area contributed by atoms with Crippen LogP contribution >= 0.6 is 15.9 Å². The average molecular weight is 391 g/mol. The molecule has 0 spiro atoms. The summed E-state index contributed by atoms with van der Waals surface area (Å²) in [5.74, 6) is -4.73. The van der Waals surface area contributed by atoms with Crippen molar-refractivity contribution in [1.29, 1.82) is 0 Å². The SMILES string of the molecule is C=Cc1c(F)cc(F)c(S(=O)(=O)Cc2ccc(Br)cc2)c1F. The third kappa shape index (κ3) is 3.25. The lowest BCUT2D eigenvalue weighted by molar-refractivity contribution is 0.494. The largest absolute Gasteiger partial charge is 0.223 e. The van der Waals surface area contributed by atoms with Gasteiger partial charge < -0.3 is 0 Å². The Bertz CT molecular complexity index is 831. The number of rotatable bonds is 4. The van der Waals surface area contributed by atoms with E-state index in [9.17, 15) is 21.6 Å². The second-order valence-electron chi connectivity index (χ2n) is 4.49. The predicted octanol–water partition coefficient (Wildman–Crippen LogP) is 4.48. The van der Waals surface area contributed by atoms with Gasteiger partial charge in [0.2, 0.25) is 0 Å². The first-order valence-electron chi connectivity index (χ1n) is 6.03. The number of sulfone groups is 1. The standard InChI is InChI=1S/C15H10BrF3O2S/c1-2-11-12(17)7-13(18)15(14(11)19)22(20,21)8-9-3-5-10(16)6-4-9/h2-7H,1,8H2. The second kappa shape index (κ2) is 6.26. The normalized spacial score (nSPS) is 11.5. The van der Waals surface area contributed by atoms with Crippen LogP contribution in [0.25, 0.3) is 6.08 Å². The summed E-state index contributed by atoms with van der Waals surface area (Å²) in [6, 6.07) is 6.58. The molecule has 0 aliphatic heterocycles. The number of benzene rings is 2. The molecule has 0 aromatic heterocycles. The van der Waals surface area contributed by atoms with E-state index in [1.165, 1.54) is 12.1 Å². The number of hydrogen-bond donors (Lipinski definition) is 0. The lowest BCUT2D eigenvalue weighted by Crippen LogP contribution is -2.12. The van der Waals surface area contributed by atoms with E-state index in [1.54, 1.807) is 12.1 Å². The minimum atomic E-state index is -4.32. The third-order valence-corrected chi connectivity index (χ3v) is 5.19. The summed E-state index contributed by atoms with van der Waals surface area (Å²) in [5.41, 5.74) is -0.317. The molecule has 22 heavy (non-hydrogen) atoms. The topological polar surface area (TPSA) is 34.1 Å². The van der Waals surface area contributed by atoms with Crippen LogP contribution in [0, 0.1) is 17.5 Å². The lowest BCUT2D eigenvalue weighted by atomic mass is 10.2. The molecule has 2 aromatic rings. The van der Waals surface area contributed by atoms with E-state index >= 15 is 0 Å². The van der Waals surface area contributed by atoms with Gasteiger partial charge in [-0.1, -0.05) is 40.7 Å². The van der Waals surface area contributed by atoms with Crippen LogP contribution in [0.1, 0.15) is 11.1 Å². The number of halogens is 4.